The Bertz CT molecular complexity index is 572. The second kappa shape index (κ2) is 5.38. The SMILES string of the molecule is COc1ccc(Cl)cc1-c1ccc(CN)cc1F. The van der Waals surface area contributed by atoms with Gasteiger partial charge in [-0.1, -0.05) is 23.7 Å². The molecule has 0 saturated carbocycles. The third-order valence-corrected chi connectivity index (χ3v) is 2.96. The van der Waals surface area contributed by atoms with Gasteiger partial charge in [-0.2, -0.15) is 0 Å². The van der Waals surface area contributed by atoms with E-state index < -0.39 is 0 Å². The zero-order valence-corrected chi connectivity index (χ0v) is 10.7. The van der Waals surface area contributed by atoms with Crippen molar-refractivity contribution in [1.82, 2.24) is 0 Å². The van der Waals surface area contributed by atoms with Gasteiger partial charge in [-0.05, 0) is 29.8 Å². The van der Waals surface area contributed by atoms with Crippen molar-refractivity contribution in [2.24, 2.45) is 5.73 Å². The summed E-state index contributed by atoms with van der Waals surface area (Å²) < 4.78 is 19.2. The van der Waals surface area contributed by atoms with Crippen molar-refractivity contribution in [3.63, 3.8) is 0 Å². The molecule has 0 saturated heterocycles. The Balaban J connectivity index is 2.57. The van der Waals surface area contributed by atoms with Crippen LogP contribution in [0.4, 0.5) is 4.39 Å². The van der Waals surface area contributed by atoms with Crippen LogP contribution in [0.5, 0.6) is 5.75 Å². The lowest BCUT2D eigenvalue weighted by atomic mass is 10.0. The first kappa shape index (κ1) is 12.9. The maximum Gasteiger partial charge on any atom is 0.131 e. The fraction of sp³-hybridized carbons (Fsp3) is 0.143. The summed E-state index contributed by atoms with van der Waals surface area (Å²) in [5.41, 5.74) is 7.30. The van der Waals surface area contributed by atoms with Crippen molar-refractivity contribution in [1.29, 1.82) is 0 Å². The first-order valence-corrected chi connectivity index (χ1v) is 5.86. The highest BCUT2D eigenvalue weighted by molar-refractivity contribution is 6.31. The zero-order chi connectivity index (χ0) is 13.1. The van der Waals surface area contributed by atoms with Crippen LogP contribution < -0.4 is 10.5 Å². The Morgan fingerprint density at radius 1 is 1.17 bits per heavy atom. The maximum absolute atomic E-state index is 14.0. The van der Waals surface area contributed by atoms with Gasteiger partial charge < -0.3 is 10.5 Å². The van der Waals surface area contributed by atoms with Gasteiger partial charge in [0.25, 0.3) is 0 Å². The van der Waals surface area contributed by atoms with E-state index in [-0.39, 0.29) is 5.82 Å². The molecule has 94 valence electrons. The average Bonchev–Trinajstić information content (AvgIpc) is 2.38. The number of hydrogen-bond donors (Lipinski definition) is 1. The third kappa shape index (κ3) is 2.47. The molecule has 0 aliphatic rings. The normalized spacial score (nSPS) is 10.4. The van der Waals surface area contributed by atoms with Crippen LogP contribution in [-0.2, 0) is 6.54 Å². The molecule has 0 amide bonds. The average molecular weight is 266 g/mol. The van der Waals surface area contributed by atoms with Crippen molar-refractivity contribution in [2.75, 3.05) is 7.11 Å². The van der Waals surface area contributed by atoms with Crippen LogP contribution in [-0.4, -0.2) is 7.11 Å². The lowest BCUT2D eigenvalue weighted by Crippen LogP contribution is -1.98. The molecule has 0 fully saturated rings. The predicted octanol–water partition coefficient (Wildman–Crippen LogP) is 3.61. The van der Waals surface area contributed by atoms with Crippen molar-refractivity contribution < 1.29 is 9.13 Å². The van der Waals surface area contributed by atoms with Crippen LogP contribution in [0.25, 0.3) is 11.1 Å². The molecule has 0 unspecified atom stereocenters. The molecule has 0 spiro atoms. The number of benzene rings is 2. The van der Waals surface area contributed by atoms with Crippen LogP contribution in [0.3, 0.4) is 0 Å². The first-order valence-electron chi connectivity index (χ1n) is 5.48. The van der Waals surface area contributed by atoms with E-state index in [9.17, 15) is 4.39 Å². The van der Waals surface area contributed by atoms with Crippen LogP contribution in [0.15, 0.2) is 36.4 Å². The van der Waals surface area contributed by atoms with E-state index in [4.69, 9.17) is 22.1 Å². The summed E-state index contributed by atoms with van der Waals surface area (Å²) in [5, 5.41) is 0.535. The summed E-state index contributed by atoms with van der Waals surface area (Å²) in [6.07, 6.45) is 0. The Labute approximate surface area is 110 Å². The van der Waals surface area contributed by atoms with Gasteiger partial charge in [-0.15, -0.1) is 0 Å². The minimum absolute atomic E-state index is 0.309. The molecular weight excluding hydrogens is 253 g/mol. The van der Waals surface area contributed by atoms with Gasteiger partial charge in [0.2, 0.25) is 0 Å². The second-order valence-corrected chi connectivity index (χ2v) is 4.30. The second-order valence-electron chi connectivity index (χ2n) is 3.86. The monoisotopic (exact) mass is 265 g/mol. The molecule has 4 heteroatoms. The highest BCUT2D eigenvalue weighted by Crippen LogP contribution is 2.34. The summed E-state index contributed by atoms with van der Waals surface area (Å²) in [6.45, 7) is 0.309. The van der Waals surface area contributed by atoms with Gasteiger partial charge in [0.15, 0.2) is 0 Å². The topological polar surface area (TPSA) is 35.2 Å². The standard InChI is InChI=1S/C14H13ClFNO/c1-18-14-5-3-10(15)7-12(14)11-4-2-9(8-17)6-13(11)16/h2-7H,8,17H2,1H3. The van der Waals surface area contributed by atoms with Gasteiger partial charge in [0.05, 0.1) is 7.11 Å². The number of nitrogens with two attached hydrogens (primary N) is 1. The van der Waals surface area contributed by atoms with E-state index in [1.165, 1.54) is 6.07 Å². The molecule has 2 rings (SSSR count). The number of rotatable bonds is 3. The van der Waals surface area contributed by atoms with E-state index in [0.29, 0.717) is 28.4 Å². The molecule has 2 aromatic rings. The summed E-state index contributed by atoms with van der Waals surface area (Å²) in [7, 11) is 1.54. The number of ether oxygens (including phenoxy) is 1. The lowest BCUT2D eigenvalue weighted by Gasteiger charge is -2.10. The van der Waals surface area contributed by atoms with Crippen molar-refractivity contribution in [3.8, 4) is 16.9 Å². The third-order valence-electron chi connectivity index (χ3n) is 2.72. The molecule has 0 aliphatic carbocycles. The number of halogens is 2. The lowest BCUT2D eigenvalue weighted by molar-refractivity contribution is 0.416. The fourth-order valence-corrected chi connectivity index (χ4v) is 1.97. The summed E-state index contributed by atoms with van der Waals surface area (Å²) >= 11 is 5.94. The molecule has 0 heterocycles. The Hall–Kier alpha value is -1.58. The van der Waals surface area contributed by atoms with E-state index in [1.807, 2.05) is 0 Å². The first-order chi connectivity index (χ1) is 8.65. The minimum atomic E-state index is -0.335. The highest BCUT2D eigenvalue weighted by atomic mass is 35.5. The number of hydrogen-bond acceptors (Lipinski definition) is 2. The van der Waals surface area contributed by atoms with E-state index in [0.717, 1.165) is 5.56 Å². The molecule has 0 aromatic heterocycles. The van der Waals surface area contributed by atoms with Crippen LogP contribution >= 0.6 is 11.6 Å². The van der Waals surface area contributed by atoms with Gasteiger partial charge in [-0.3, -0.25) is 0 Å². The van der Waals surface area contributed by atoms with Gasteiger partial charge in [0.1, 0.15) is 11.6 Å². The summed E-state index contributed by atoms with van der Waals surface area (Å²) in [6, 6.07) is 10.0. The van der Waals surface area contributed by atoms with Crippen LogP contribution in [0.1, 0.15) is 5.56 Å². The fourth-order valence-electron chi connectivity index (χ4n) is 1.79. The molecule has 2 N–H and O–H groups in total. The van der Waals surface area contributed by atoms with E-state index in [1.54, 1.807) is 37.4 Å². The van der Waals surface area contributed by atoms with Crippen molar-refractivity contribution in [3.05, 3.63) is 52.8 Å². The molecule has 0 radical (unpaired) electrons. The predicted molar refractivity (Wildman–Crippen MR) is 71.3 cm³/mol. The molecule has 18 heavy (non-hydrogen) atoms. The Morgan fingerprint density at radius 3 is 2.56 bits per heavy atom. The molecule has 0 bridgehead atoms. The summed E-state index contributed by atoms with van der Waals surface area (Å²) in [5.74, 6) is 0.248. The van der Waals surface area contributed by atoms with Crippen LogP contribution in [0, 0.1) is 5.82 Å². The maximum atomic E-state index is 14.0. The van der Waals surface area contributed by atoms with Crippen molar-refractivity contribution >= 4 is 11.6 Å². The Kier molecular flexibility index (Phi) is 3.84. The molecule has 0 aliphatic heterocycles. The number of methoxy groups -OCH3 is 1. The van der Waals surface area contributed by atoms with Gasteiger partial charge in [0, 0.05) is 22.7 Å². The molecule has 2 aromatic carbocycles. The van der Waals surface area contributed by atoms with E-state index >= 15 is 0 Å². The van der Waals surface area contributed by atoms with Gasteiger partial charge in [-0.25, -0.2) is 4.39 Å². The van der Waals surface area contributed by atoms with Crippen molar-refractivity contribution in [2.45, 2.75) is 6.54 Å². The van der Waals surface area contributed by atoms with Gasteiger partial charge >= 0.3 is 0 Å². The summed E-state index contributed by atoms with van der Waals surface area (Å²) in [4.78, 5) is 0. The highest BCUT2D eigenvalue weighted by Gasteiger charge is 2.11. The molecule has 0 atom stereocenters. The quantitative estimate of drug-likeness (QED) is 0.920. The smallest absolute Gasteiger partial charge is 0.131 e. The largest absolute Gasteiger partial charge is 0.496 e. The van der Waals surface area contributed by atoms with E-state index in [2.05, 4.69) is 0 Å². The Morgan fingerprint density at radius 2 is 1.94 bits per heavy atom. The molecular formula is C14H13ClFNO. The molecule has 2 nitrogen and oxygen atoms in total. The van der Waals surface area contributed by atoms with Crippen LogP contribution in [0.2, 0.25) is 5.02 Å². The zero-order valence-electron chi connectivity index (χ0n) is 9.91. The minimum Gasteiger partial charge on any atom is -0.496 e.